The van der Waals surface area contributed by atoms with Gasteiger partial charge in [-0.15, -0.1) is 12.4 Å². The molecule has 23 heavy (non-hydrogen) atoms. The zero-order chi connectivity index (χ0) is 15.4. The lowest BCUT2D eigenvalue weighted by Crippen LogP contribution is -2.08. The van der Waals surface area contributed by atoms with Crippen LogP contribution in [0.4, 0.5) is 8.78 Å². The van der Waals surface area contributed by atoms with Crippen LogP contribution in [0, 0.1) is 18.6 Å². The Morgan fingerprint density at radius 1 is 1.17 bits per heavy atom. The molecular formula is C15H10ClF2N3O2. The predicted octanol–water partition coefficient (Wildman–Crippen LogP) is 3.67. The van der Waals surface area contributed by atoms with Crippen LogP contribution < -0.4 is 5.43 Å². The van der Waals surface area contributed by atoms with Gasteiger partial charge in [0.1, 0.15) is 5.82 Å². The van der Waals surface area contributed by atoms with Crippen LogP contribution in [0.1, 0.15) is 5.69 Å². The standard InChI is InChI=1S/C15H9F2N3O2.ClH/c1-6-10-12-11(8(16)4-9(21)13(12)17)14(7-2-3-22-5-7)18-15(10)20-19-6;/h2-5H,1H3,(H2,18,19,20);1H. The number of pyridine rings is 1. The van der Waals surface area contributed by atoms with Gasteiger partial charge in [0.2, 0.25) is 5.43 Å². The average molecular weight is 338 g/mol. The maximum atomic E-state index is 14.4. The Balaban J connectivity index is 0.00000156. The van der Waals surface area contributed by atoms with Crippen LogP contribution in [0.15, 0.2) is 33.9 Å². The normalized spacial score (nSPS) is 11.1. The summed E-state index contributed by atoms with van der Waals surface area (Å²) >= 11 is 0. The van der Waals surface area contributed by atoms with E-state index in [0.29, 0.717) is 28.4 Å². The molecule has 5 nitrogen and oxygen atoms in total. The van der Waals surface area contributed by atoms with Crippen LogP contribution in [0.25, 0.3) is 33.1 Å². The molecule has 8 heteroatoms. The lowest BCUT2D eigenvalue weighted by atomic mass is 10.0. The highest BCUT2D eigenvalue weighted by Gasteiger charge is 2.21. The first kappa shape index (κ1) is 15.2. The third-order valence-corrected chi connectivity index (χ3v) is 3.67. The van der Waals surface area contributed by atoms with Gasteiger partial charge >= 0.3 is 0 Å². The Hall–Kier alpha value is -2.67. The minimum absolute atomic E-state index is 0. The summed E-state index contributed by atoms with van der Waals surface area (Å²) < 4.78 is 33.8. The van der Waals surface area contributed by atoms with Gasteiger partial charge in [0.15, 0.2) is 11.5 Å². The van der Waals surface area contributed by atoms with E-state index in [2.05, 4.69) is 15.2 Å². The van der Waals surface area contributed by atoms with Crippen LogP contribution in [0.3, 0.4) is 0 Å². The second kappa shape index (κ2) is 5.20. The molecule has 4 rings (SSSR count). The molecule has 0 bridgehead atoms. The van der Waals surface area contributed by atoms with Crippen molar-refractivity contribution in [3.63, 3.8) is 0 Å². The van der Waals surface area contributed by atoms with E-state index in [9.17, 15) is 13.6 Å². The Labute approximate surface area is 133 Å². The van der Waals surface area contributed by atoms with Crippen molar-refractivity contribution in [3.05, 3.63) is 52.2 Å². The van der Waals surface area contributed by atoms with E-state index in [-0.39, 0.29) is 28.9 Å². The molecule has 1 aromatic carbocycles. The molecule has 3 heterocycles. The van der Waals surface area contributed by atoms with Gasteiger partial charge in [0.05, 0.1) is 23.6 Å². The van der Waals surface area contributed by atoms with E-state index in [1.165, 1.54) is 12.5 Å². The number of aromatic nitrogens is 3. The molecule has 0 spiro atoms. The number of nitrogens with one attached hydrogen (secondary N) is 2. The Bertz CT molecular complexity index is 1080. The van der Waals surface area contributed by atoms with Crippen molar-refractivity contribution in [3.8, 4) is 11.3 Å². The lowest BCUT2D eigenvalue weighted by molar-refractivity contribution is 0.568. The molecule has 0 amide bonds. The first-order chi connectivity index (χ1) is 10.6. The fourth-order valence-electron chi connectivity index (χ4n) is 2.69. The largest absolute Gasteiger partial charge is 0.472 e. The monoisotopic (exact) mass is 337 g/mol. The highest BCUT2D eigenvalue weighted by atomic mass is 35.5. The molecule has 3 aromatic heterocycles. The van der Waals surface area contributed by atoms with Gasteiger partial charge in [0.25, 0.3) is 0 Å². The summed E-state index contributed by atoms with van der Waals surface area (Å²) in [7, 11) is 0. The maximum Gasteiger partial charge on any atom is 0.217 e. The SMILES string of the molecule is Cc1[nH][nH]c2nc(-c3ccoc3)c3c(F)cc(=O)c(F)c3c12.Cl. The second-order valence-electron chi connectivity index (χ2n) is 4.99. The number of halogens is 3. The van der Waals surface area contributed by atoms with Gasteiger partial charge in [-0.3, -0.25) is 9.89 Å². The predicted molar refractivity (Wildman–Crippen MR) is 83.8 cm³/mol. The molecular weight excluding hydrogens is 328 g/mol. The van der Waals surface area contributed by atoms with Crippen molar-refractivity contribution < 1.29 is 13.2 Å². The molecule has 0 fully saturated rings. The third-order valence-electron chi connectivity index (χ3n) is 3.67. The fraction of sp³-hybridized carbons (Fsp3) is 0.0667. The van der Waals surface area contributed by atoms with Crippen molar-refractivity contribution in [1.82, 2.24) is 15.2 Å². The van der Waals surface area contributed by atoms with E-state index in [1.807, 2.05) is 0 Å². The molecule has 0 saturated heterocycles. The quantitative estimate of drug-likeness (QED) is 0.556. The summed E-state index contributed by atoms with van der Waals surface area (Å²) in [6.07, 6.45) is 2.80. The van der Waals surface area contributed by atoms with Crippen LogP contribution >= 0.6 is 12.4 Å². The molecule has 118 valence electrons. The number of aryl methyl sites for hydroxylation is 1. The maximum absolute atomic E-state index is 14.4. The minimum atomic E-state index is -0.996. The number of aromatic amines is 2. The van der Waals surface area contributed by atoms with Crippen molar-refractivity contribution >= 4 is 34.2 Å². The summed E-state index contributed by atoms with van der Waals surface area (Å²) in [6.45, 7) is 1.69. The lowest BCUT2D eigenvalue weighted by Gasteiger charge is -2.07. The van der Waals surface area contributed by atoms with Crippen LogP contribution in [0.5, 0.6) is 0 Å². The van der Waals surface area contributed by atoms with E-state index in [4.69, 9.17) is 4.42 Å². The van der Waals surface area contributed by atoms with Crippen molar-refractivity contribution in [2.75, 3.05) is 0 Å². The number of furan rings is 1. The third kappa shape index (κ3) is 2.04. The average Bonchev–Trinajstić information content (AvgIpc) is 3.13. The van der Waals surface area contributed by atoms with Crippen molar-refractivity contribution in [2.24, 2.45) is 0 Å². The number of rotatable bonds is 1. The topological polar surface area (TPSA) is 74.7 Å². The number of nitrogens with zero attached hydrogens (tertiary/aromatic N) is 1. The zero-order valence-electron chi connectivity index (χ0n) is 11.7. The van der Waals surface area contributed by atoms with Gasteiger partial charge in [-0.1, -0.05) is 0 Å². The first-order valence-corrected chi connectivity index (χ1v) is 6.49. The summed E-state index contributed by atoms with van der Waals surface area (Å²) in [5.74, 6) is -1.81. The molecule has 0 aliphatic carbocycles. The van der Waals surface area contributed by atoms with E-state index in [1.54, 1.807) is 13.0 Å². The second-order valence-corrected chi connectivity index (χ2v) is 4.99. The van der Waals surface area contributed by atoms with Gasteiger partial charge in [-0.05, 0) is 13.0 Å². The van der Waals surface area contributed by atoms with E-state index >= 15 is 0 Å². The molecule has 2 N–H and O–H groups in total. The number of hydrogen-bond donors (Lipinski definition) is 2. The highest BCUT2D eigenvalue weighted by molar-refractivity contribution is 6.11. The van der Waals surface area contributed by atoms with Crippen LogP contribution in [0.2, 0.25) is 0 Å². The number of fused-ring (bicyclic) bond motifs is 3. The summed E-state index contributed by atoms with van der Waals surface area (Å²) in [5.41, 5.74) is 0.621. The fourth-order valence-corrected chi connectivity index (χ4v) is 2.69. The Kier molecular flexibility index (Phi) is 3.45. The Morgan fingerprint density at radius 3 is 2.65 bits per heavy atom. The summed E-state index contributed by atoms with van der Waals surface area (Å²) in [6, 6.07) is 2.23. The smallest absolute Gasteiger partial charge is 0.217 e. The number of benzene rings is 1. The highest BCUT2D eigenvalue weighted by Crippen LogP contribution is 2.35. The van der Waals surface area contributed by atoms with E-state index < -0.39 is 17.1 Å². The molecule has 0 unspecified atom stereocenters. The molecule has 0 aliphatic heterocycles. The number of H-pyrrole nitrogens is 2. The van der Waals surface area contributed by atoms with Gasteiger partial charge in [0, 0.05) is 28.1 Å². The van der Waals surface area contributed by atoms with Gasteiger partial charge in [-0.25, -0.2) is 13.8 Å². The van der Waals surface area contributed by atoms with Gasteiger partial charge in [-0.2, -0.15) is 0 Å². The Morgan fingerprint density at radius 2 is 1.96 bits per heavy atom. The molecule has 4 aromatic rings. The summed E-state index contributed by atoms with van der Waals surface area (Å²) in [4.78, 5) is 16.0. The molecule has 0 saturated carbocycles. The van der Waals surface area contributed by atoms with Crippen LogP contribution in [-0.2, 0) is 0 Å². The molecule has 0 atom stereocenters. The zero-order valence-corrected chi connectivity index (χ0v) is 12.6. The molecule has 0 aliphatic rings. The summed E-state index contributed by atoms with van der Waals surface area (Å²) in [5, 5.41) is 5.83. The van der Waals surface area contributed by atoms with E-state index in [0.717, 1.165) is 0 Å². The minimum Gasteiger partial charge on any atom is -0.472 e. The van der Waals surface area contributed by atoms with Crippen LogP contribution in [-0.4, -0.2) is 15.2 Å². The molecule has 0 radical (unpaired) electrons. The van der Waals surface area contributed by atoms with Crippen molar-refractivity contribution in [1.29, 1.82) is 0 Å². The van der Waals surface area contributed by atoms with Gasteiger partial charge < -0.3 is 9.52 Å². The van der Waals surface area contributed by atoms with Crippen molar-refractivity contribution in [2.45, 2.75) is 6.92 Å². The first-order valence-electron chi connectivity index (χ1n) is 6.49. The number of hydrogen-bond acceptors (Lipinski definition) is 3.